The van der Waals surface area contributed by atoms with E-state index in [2.05, 4.69) is 4.98 Å². The van der Waals surface area contributed by atoms with Crippen molar-refractivity contribution < 1.29 is 9.53 Å². The first-order valence-electron chi connectivity index (χ1n) is 5.52. The lowest BCUT2D eigenvalue weighted by molar-refractivity contribution is 0.0768. The SMILES string of the molecule is O=C(COCCc1ccccn1)c1ccc(Cl)s1. The van der Waals surface area contributed by atoms with Crippen LogP contribution in [0.25, 0.3) is 0 Å². The van der Waals surface area contributed by atoms with Crippen LogP contribution < -0.4 is 0 Å². The molecule has 0 amide bonds. The van der Waals surface area contributed by atoms with Crippen molar-refractivity contribution in [2.75, 3.05) is 13.2 Å². The fourth-order valence-corrected chi connectivity index (χ4v) is 2.39. The number of hydrogen-bond acceptors (Lipinski definition) is 4. The van der Waals surface area contributed by atoms with E-state index in [4.69, 9.17) is 16.3 Å². The number of carbonyl (C=O) groups excluding carboxylic acids is 1. The molecule has 0 unspecified atom stereocenters. The maximum atomic E-state index is 11.7. The van der Waals surface area contributed by atoms with Crippen molar-refractivity contribution >= 4 is 28.7 Å². The fourth-order valence-electron chi connectivity index (χ4n) is 1.42. The second-order valence-corrected chi connectivity index (χ2v) is 5.37. The van der Waals surface area contributed by atoms with Crippen LogP contribution in [0.4, 0.5) is 0 Å². The molecular weight excluding hydrogens is 270 g/mol. The van der Waals surface area contributed by atoms with E-state index in [0.717, 1.165) is 5.69 Å². The molecule has 0 N–H and O–H groups in total. The Morgan fingerprint density at radius 3 is 2.89 bits per heavy atom. The van der Waals surface area contributed by atoms with Crippen molar-refractivity contribution in [3.05, 3.63) is 51.4 Å². The molecule has 0 saturated carbocycles. The van der Waals surface area contributed by atoms with Crippen LogP contribution in [0.5, 0.6) is 0 Å². The van der Waals surface area contributed by atoms with Gasteiger partial charge in [-0.2, -0.15) is 0 Å². The van der Waals surface area contributed by atoms with E-state index in [1.54, 1.807) is 18.3 Å². The van der Waals surface area contributed by atoms with Gasteiger partial charge in [-0.25, -0.2) is 0 Å². The van der Waals surface area contributed by atoms with Crippen molar-refractivity contribution in [3.8, 4) is 0 Å². The number of thiophene rings is 1. The van der Waals surface area contributed by atoms with Crippen LogP contribution in [0.15, 0.2) is 36.5 Å². The van der Waals surface area contributed by atoms with Gasteiger partial charge in [0.25, 0.3) is 0 Å². The quantitative estimate of drug-likeness (QED) is 0.603. The number of carbonyl (C=O) groups is 1. The van der Waals surface area contributed by atoms with E-state index < -0.39 is 0 Å². The molecule has 3 nitrogen and oxygen atoms in total. The molecule has 0 fully saturated rings. The molecule has 0 bridgehead atoms. The third kappa shape index (κ3) is 3.91. The van der Waals surface area contributed by atoms with Crippen LogP contribution in [0.1, 0.15) is 15.4 Å². The second kappa shape index (κ2) is 6.64. The molecule has 0 radical (unpaired) electrons. The van der Waals surface area contributed by atoms with Gasteiger partial charge >= 0.3 is 0 Å². The molecular formula is C13H12ClNO2S. The van der Waals surface area contributed by atoms with Crippen LogP contribution in [-0.4, -0.2) is 24.0 Å². The molecule has 0 atom stereocenters. The van der Waals surface area contributed by atoms with Crippen molar-refractivity contribution in [1.29, 1.82) is 0 Å². The zero-order valence-corrected chi connectivity index (χ0v) is 11.2. The Morgan fingerprint density at radius 2 is 2.22 bits per heavy atom. The van der Waals surface area contributed by atoms with Gasteiger partial charge in [0.05, 0.1) is 15.8 Å². The number of halogens is 1. The van der Waals surface area contributed by atoms with Crippen molar-refractivity contribution in [3.63, 3.8) is 0 Å². The number of pyridine rings is 1. The van der Waals surface area contributed by atoms with E-state index in [0.29, 0.717) is 22.2 Å². The predicted molar refractivity (Wildman–Crippen MR) is 72.4 cm³/mol. The Bertz CT molecular complexity index is 513. The van der Waals surface area contributed by atoms with Crippen molar-refractivity contribution in [2.24, 2.45) is 0 Å². The first kappa shape index (κ1) is 13.2. The molecule has 5 heteroatoms. The molecule has 0 saturated heterocycles. The fraction of sp³-hybridized carbons (Fsp3) is 0.231. The lowest BCUT2D eigenvalue weighted by Gasteiger charge is -2.02. The van der Waals surface area contributed by atoms with Gasteiger partial charge < -0.3 is 4.74 Å². The van der Waals surface area contributed by atoms with Gasteiger partial charge in [0.1, 0.15) is 6.61 Å². The average molecular weight is 282 g/mol. The number of aromatic nitrogens is 1. The average Bonchev–Trinajstić information content (AvgIpc) is 2.82. The number of ketones is 1. The maximum absolute atomic E-state index is 11.7. The summed E-state index contributed by atoms with van der Waals surface area (Å²) in [5.74, 6) is -0.0343. The summed E-state index contributed by atoms with van der Waals surface area (Å²) < 4.78 is 5.95. The first-order chi connectivity index (χ1) is 8.75. The van der Waals surface area contributed by atoms with E-state index in [1.807, 2.05) is 18.2 Å². The van der Waals surface area contributed by atoms with Gasteiger partial charge in [0.15, 0.2) is 5.78 Å². The van der Waals surface area contributed by atoms with Gasteiger partial charge in [-0.1, -0.05) is 17.7 Å². The molecule has 94 valence electrons. The summed E-state index contributed by atoms with van der Waals surface area (Å²) in [5.41, 5.74) is 0.962. The van der Waals surface area contributed by atoms with E-state index >= 15 is 0 Å². The van der Waals surface area contributed by atoms with Crippen LogP contribution in [-0.2, 0) is 11.2 Å². The van der Waals surface area contributed by atoms with Crippen LogP contribution in [0.3, 0.4) is 0 Å². The number of hydrogen-bond donors (Lipinski definition) is 0. The Morgan fingerprint density at radius 1 is 1.33 bits per heavy atom. The third-order valence-electron chi connectivity index (χ3n) is 2.31. The standard InChI is InChI=1S/C13H12ClNO2S/c14-13-5-4-12(18-13)11(16)9-17-8-6-10-3-1-2-7-15-10/h1-5,7H,6,8-9H2. The predicted octanol–water partition coefficient (Wildman–Crippen LogP) is 3.24. The third-order valence-corrected chi connectivity index (χ3v) is 3.58. The van der Waals surface area contributed by atoms with E-state index in [1.165, 1.54) is 11.3 Å². The highest BCUT2D eigenvalue weighted by Gasteiger charge is 2.08. The highest BCUT2D eigenvalue weighted by atomic mass is 35.5. The molecule has 0 aliphatic heterocycles. The second-order valence-electron chi connectivity index (χ2n) is 3.65. The number of ether oxygens (including phenoxy) is 1. The maximum Gasteiger partial charge on any atom is 0.198 e. The Kier molecular flexibility index (Phi) is 4.87. The Labute approximate surface area is 114 Å². The van der Waals surface area contributed by atoms with Crippen molar-refractivity contribution in [2.45, 2.75) is 6.42 Å². The summed E-state index contributed by atoms with van der Waals surface area (Å²) in [5, 5.41) is 0. The normalized spacial score (nSPS) is 10.5. The molecule has 2 aromatic heterocycles. The molecule has 0 aromatic carbocycles. The number of Topliss-reactive ketones (excluding diaryl/α,β-unsaturated/α-hetero) is 1. The minimum atomic E-state index is -0.0343. The summed E-state index contributed by atoms with van der Waals surface area (Å²) in [6.07, 6.45) is 2.45. The van der Waals surface area contributed by atoms with E-state index in [-0.39, 0.29) is 12.4 Å². The summed E-state index contributed by atoms with van der Waals surface area (Å²) in [6.45, 7) is 0.575. The minimum Gasteiger partial charge on any atom is -0.373 e. The molecule has 18 heavy (non-hydrogen) atoms. The summed E-state index contributed by atoms with van der Waals surface area (Å²) in [4.78, 5) is 16.5. The molecule has 0 aliphatic carbocycles. The van der Waals surface area contributed by atoms with Crippen LogP contribution in [0, 0.1) is 0 Å². The lowest BCUT2D eigenvalue weighted by Crippen LogP contribution is -2.09. The van der Waals surface area contributed by atoms with Gasteiger partial charge in [-0.05, 0) is 24.3 Å². The molecule has 2 heterocycles. The summed E-state index contributed by atoms with van der Waals surface area (Å²) in [7, 11) is 0. The first-order valence-corrected chi connectivity index (χ1v) is 6.71. The summed E-state index contributed by atoms with van der Waals surface area (Å²) in [6, 6.07) is 9.17. The monoisotopic (exact) mass is 281 g/mol. The zero-order chi connectivity index (χ0) is 12.8. The van der Waals surface area contributed by atoms with Gasteiger partial charge in [-0.3, -0.25) is 9.78 Å². The Hall–Kier alpha value is -1.23. The smallest absolute Gasteiger partial charge is 0.198 e. The number of nitrogens with zero attached hydrogens (tertiary/aromatic N) is 1. The zero-order valence-electron chi connectivity index (χ0n) is 9.64. The van der Waals surface area contributed by atoms with Crippen LogP contribution in [0.2, 0.25) is 4.34 Å². The Balaban J connectivity index is 1.71. The molecule has 0 aliphatic rings. The highest BCUT2D eigenvalue weighted by Crippen LogP contribution is 2.21. The largest absolute Gasteiger partial charge is 0.373 e. The van der Waals surface area contributed by atoms with E-state index in [9.17, 15) is 4.79 Å². The van der Waals surface area contributed by atoms with Gasteiger partial charge in [0.2, 0.25) is 0 Å². The molecule has 0 spiro atoms. The van der Waals surface area contributed by atoms with Gasteiger partial charge in [-0.15, -0.1) is 11.3 Å². The van der Waals surface area contributed by atoms with Crippen LogP contribution >= 0.6 is 22.9 Å². The minimum absolute atomic E-state index is 0.0343. The van der Waals surface area contributed by atoms with Gasteiger partial charge in [0, 0.05) is 18.3 Å². The summed E-state index contributed by atoms with van der Waals surface area (Å²) >= 11 is 7.04. The molecule has 2 aromatic rings. The molecule has 2 rings (SSSR count). The highest BCUT2D eigenvalue weighted by molar-refractivity contribution is 7.18. The van der Waals surface area contributed by atoms with Crippen molar-refractivity contribution in [1.82, 2.24) is 4.98 Å². The topological polar surface area (TPSA) is 39.2 Å². The number of rotatable bonds is 6. The lowest BCUT2D eigenvalue weighted by atomic mass is 10.3.